The van der Waals surface area contributed by atoms with Gasteiger partial charge in [-0.25, -0.2) is 4.79 Å². The van der Waals surface area contributed by atoms with E-state index in [0.29, 0.717) is 10.4 Å². The minimum absolute atomic E-state index is 0.234. The van der Waals surface area contributed by atoms with Crippen molar-refractivity contribution in [2.45, 2.75) is 38.0 Å². The number of carboxylic acid groups (broad SMARTS) is 1. The van der Waals surface area contributed by atoms with E-state index in [9.17, 15) is 4.79 Å². The summed E-state index contributed by atoms with van der Waals surface area (Å²) in [5.74, 6) is 0.282. The molecule has 6 nitrogen and oxygen atoms in total. The molecule has 1 aliphatic carbocycles. The quantitative estimate of drug-likeness (QED) is 0.919. The molecule has 1 aromatic heterocycles. The van der Waals surface area contributed by atoms with Crippen LogP contribution in [0.1, 0.15) is 54.2 Å². The standard InChI is InChI=1S/C14H15BrN4O2/c15-11-8-10(14(20)21)6-7-12(11)19-13(16-17-18-19)9-4-2-1-3-5-9/h6-9H,1-5H2,(H,20,21). The second kappa shape index (κ2) is 5.93. The van der Waals surface area contributed by atoms with Crippen molar-refractivity contribution in [1.82, 2.24) is 20.2 Å². The lowest BCUT2D eigenvalue weighted by atomic mass is 9.88. The highest BCUT2D eigenvalue weighted by Crippen LogP contribution is 2.33. The van der Waals surface area contributed by atoms with Crippen molar-refractivity contribution in [3.05, 3.63) is 34.1 Å². The molecule has 0 radical (unpaired) electrons. The highest BCUT2D eigenvalue weighted by atomic mass is 79.9. The molecule has 0 aliphatic heterocycles. The van der Waals surface area contributed by atoms with Crippen molar-refractivity contribution in [1.29, 1.82) is 0 Å². The molecule has 0 spiro atoms. The van der Waals surface area contributed by atoms with Crippen LogP contribution in [-0.2, 0) is 0 Å². The zero-order chi connectivity index (χ0) is 14.8. The molecule has 0 bridgehead atoms. The molecular weight excluding hydrogens is 336 g/mol. The average molecular weight is 351 g/mol. The van der Waals surface area contributed by atoms with Crippen molar-refractivity contribution >= 4 is 21.9 Å². The van der Waals surface area contributed by atoms with Crippen molar-refractivity contribution in [2.75, 3.05) is 0 Å². The van der Waals surface area contributed by atoms with Crippen LogP contribution in [0.2, 0.25) is 0 Å². The fourth-order valence-electron chi connectivity index (χ4n) is 2.79. The predicted octanol–water partition coefficient (Wildman–Crippen LogP) is 3.17. The number of aromatic carboxylic acids is 1. The van der Waals surface area contributed by atoms with Gasteiger partial charge in [-0.3, -0.25) is 0 Å². The summed E-state index contributed by atoms with van der Waals surface area (Å²) in [5.41, 5.74) is 1.00. The maximum atomic E-state index is 11.0. The topological polar surface area (TPSA) is 80.9 Å². The molecule has 0 unspecified atom stereocenters. The fourth-order valence-corrected chi connectivity index (χ4v) is 3.34. The number of benzene rings is 1. The molecular formula is C14H15BrN4O2. The lowest BCUT2D eigenvalue weighted by molar-refractivity contribution is 0.0697. The third-order valence-corrected chi connectivity index (χ3v) is 4.52. The average Bonchev–Trinajstić information content (AvgIpc) is 2.97. The maximum Gasteiger partial charge on any atom is 0.335 e. The molecule has 110 valence electrons. The van der Waals surface area contributed by atoms with Gasteiger partial charge in [-0.2, -0.15) is 4.68 Å². The molecule has 1 fully saturated rings. The lowest BCUT2D eigenvalue weighted by Gasteiger charge is -2.20. The highest BCUT2D eigenvalue weighted by Gasteiger charge is 2.23. The molecule has 0 amide bonds. The van der Waals surface area contributed by atoms with Crippen LogP contribution in [0.4, 0.5) is 0 Å². The van der Waals surface area contributed by atoms with Gasteiger partial charge in [0.2, 0.25) is 0 Å². The number of hydrogen-bond acceptors (Lipinski definition) is 4. The molecule has 1 N–H and O–H groups in total. The van der Waals surface area contributed by atoms with Crippen molar-refractivity contribution in [3.63, 3.8) is 0 Å². The summed E-state index contributed by atoms with van der Waals surface area (Å²) in [6.07, 6.45) is 5.89. The Balaban J connectivity index is 1.97. The van der Waals surface area contributed by atoms with Gasteiger partial charge in [0, 0.05) is 10.4 Å². The number of tetrazole rings is 1. The summed E-state index contributed by atoms with van der Waals surface area (Å²) in [6, 6.07) is 4.87. The Morgan fingerprint density at radius 3 is 2.71 bits per heavy atom. The van der Waals surface area contributed by atoms with Gasteiger partial charge in [0.25, 0.3) is 0 Å². The Hall–Kier alpha value is -1.76. The SMILES string of the molecule is O=C(O)c1ccc(-n2nnnc2C2CCCCC2)c(Br)c1. The summed E-state index contributed by atoms with van der Waals surface area (Å²) >= 11 is 3.42. The van der Waals surface area contributed by atoms with E-state index >= 15 is 0 Å². The van der Waals surface area contributed by atoms with Gasteiger partial charge in [-0.1, -0.05) is 19.3 Å². The van der Waals surface area contributed by atoms with Crippen molar-refractivity contribution in [2.24, 2.45) is 0 Å². The predicted molar refractivity (Wildman–Crippen MR) is 79.6 cm³/mol. The maximum absolute atomic E-state index is 11.0. The van der Waals surface area contributed by atoms with E-state index in [2.05, 4.69) is 31.5 Å². The van der Waals surface area contributed by atoms with Crippen molar-refractivity contribution in [3.8, 4) is 5.69 Å². The van der Waals surface area contributed by atoms with E-state index in [-0.39, 0.29) is 5.56 Å². The Bertz CT molecular complexity index is 665. The van der Waals surface area contributed by atoms with Crippen LogP contribution >= 0.6 is 15.9 Å². The van der Waals surface area contributed by atoms with E-state index in [1.54, 1.807) is 22.9 Å². The van der Waals surface area contributed by atoms with Gasteiger partial charge in [0.1, 0.15) is 0 Å². The van der Waals surface area contributed by atoms with Crippen LogP contribution < -0.4 is 0 Å². The summed E-state index contributed by atoms with van der Waals surface area (Å²) in [4.78, 5) is 11.0. The minimum atomic E-state index is -0.952. The third-order valence-electron chi connectivity index (χ3n) is 3.89. The second-order valence-electron chi connectivity index (χ2n) is 5.26. The second-order valence-corrected chi connectivity index (χ2v) is 6.11. The molecule has 1 saturated carbocycles. The lowest BCUT2D eigenvalue weighted by Crippen LogP contribution is -2.12. The zero-order valence-corrected chi connectivity index (χ0v) is 13.0. The monoisotopic (exact) mass is 350 g/mol. The number of nitrogens with zero attached hydrogens (tertiary/aromatic N) is 4. The van der Waals surface area contributed by atoms with Gasteiger partial charge in [-0.05, 0) is 57.4 Å². The first-order chi connectivity index (χ1) is 10.2. The van der Waals surface area contributed by atoms with Gasteiger partial charge < -0.3 is 5.11 Å². The van der Waals surface area contributed by atoms with Crippen molar-refractivity contribution < 1.29 is 9.90 Å². The number of aromatic nitrogens is 4. The Morgan fingerprint density at radius 1 is 1.29 bits per heavy atom. The van der Waals surface area contributed by atoms with E-state index in [1.165, 1.54) is 19.3 Å². The number of halogens is 1. The molecule has 21 heavy (non-hydrogen) atoms. The molecule has 2 aromatic rings. The van der Waals surface area contributed by atoms with Crippen LogP contribution in [0.15, 0.2) is 22.7 Å². The van der Waals surface area contributed by atoms with Gasteiger partial charge >= 0.3 is 5.97 Å². The van der Waals surface area contributed by atoms with Crippen LogP contribution in [-0.4, -0.2) is 31.3 Å². The van der Waals surface area contributed by atoms with Crippen LogP contribution in [0.25, 0.3) is 5.69 Å². The zero-order valence-electron chi connectivity index (χ0n) is 11.4. The first kappa shape index (κ1) is 14.2. The molecule has 0 atom stereocenters. The summed E-state index contributed by atoms with van der Waals surface area (Å²) in [5, 5.41) is 21.1. The third kappa shape index (κ3) is 2.83. The molecule has 3 rings (SSSR count). The van der Waals surface area contributed by atoms with E-state index in [4.69, 9.17) is 5.11 Å². The fraction of sp³-hybridized carbons (Fsp3) is 0.429. The Kier molecular flexibility index (Phi) is 4.01. The van der Waals surface area contributed by atoms with E-state index in [0.717, 1.165) is 24.4 Å². The normalized spacial score (nSPS) is 16.0. The smallest absolute Gasteiger partial charge is 0.335 e. The largest absolute Gasteiger partial charge is 0.478 e. The number of carboxylic acids is 1. The Morgan fingerprint density at radius 2 is 2.05 bits per heavy atom. The first-order valence-corrected chi connectivity index (χ1v) is 7.77. The molecule has 7 heteroatoms. The van der Waals surface area contributed by atoms with E-state index < -0.39 is 5.97 Å². The molecule has 1 heterocycles. The summed E-state index contributed by atoms with van der Waals surface area (Å²) in [6.45, 7) is 0. The first-order valence-electron chi connectivity index (χ1n) is 6.98. The molecule has 1 aromatic carbocycles. The Labute approximate surface area is 130 Å². The molecule has 1 aliphatic rings. The number of rotatable bonds is 3. The van der Waals surface area contributed by atoms with Crippen LogP contribution in [0.3, 0.4) is 0 Å². The van der Waals surface area contributed by atoms with Crippen LogP contribution in [0, 0.1) is 0 Å². The van der Waals surface area contributed by atoms with Gasteiger partial charge in [-0.15, -0.1) is 5.10 Å². The van der Waals surface area contributed by atoms with Crippen LogP contribution in [0.5, 0.6) is 0 Å². The number of hydrogen-bond donors (Lipinski definition) is 1. The minimum Gasteiger partial charge on any atom is -0.478 e. The number of carbonyl (C=O) groups is 1. The van der Waals surface area contributed by atoms with Gasteiger partial charge in [0.05, 0.1) is 11.3 Å². The highest BCUT2D eigenvalue weighted by molar-refractivity contribution is 9.10. The summed E-state index contributed by atoms with van der Waals surface area (Å²) in [7, 11) is 0. The van der Waals surface area contributed by atoms with E-state index in [1.807, 2.05) is 0 Å². The van der Waals surface area contributed by atoms with Gasteiger partial charge in [0.15, 0.2) is 5.82 Å². The molecule has 0 saturated heterocycles. The summed E-state index contributed by atoms with van der Waals surface area (Å²) < 4.78 is 2.39.